The Balaban J connectivity index is 2.12. The Kier molecular flexibility index (Phi) is 4.53. The number of hydrogen-bond acceptors (Lipinski definition) is 2. The predicted molar refractivity (Wildman–Crippen MR) is 79.5 cm³/mol. The van der Waals surface area contributed by atoms with Gasteiger partial charge in [0, 0.05) is 19.2 Å². The molecule has 1 N–H and O–H groups in total. The van der Waals surface area contributed by atoms with Crippen molar-refractivity contribution < 1.29 is 4.79 Å². The molecule has 0 saturated carbocycles. The molecule has 0 heterocycles. The summed E-state index contributed by atoms with van der Waals surface area (Å²) in [4.78, 5) is 14.1. The van der Waals surface area contributed by atoms with Gasteiger partial charge in [-0.3, -0.25) is 4.79 Å². The third kappa shape index (κ3) is 3.32. The second-order valence-electron chi connectivity index (χ2n) is 4.75. The van der Waals surface area contributed by atoms with Crippen molar-refractivity contribution in [3.8, 4) is 0 Å². The number of hydrogen-bond donors (Lipinski definition) is 1. The fourth-order valence-corrected chi connectivity index (χ4v) is 2.14. The Hall–Kier alpha value is -1.87. The largest absolute Gasteiger partial charge is 0.342 e. The van der Waals surface area contributed by atoms with Crippen molar-refractivity contribution in [2.75, 3.05) is 27.2 Å². The summed E-state index contributed by atoms with van der Waals surface area (Å²) in [6, 6.07) is 14.0. The van der Waals surface area contributed by atoms with Crippen LogP contribution in [0.5, 0.6) is 0 Å². The van der Waals surface area contributed by atoms with E-state index >= 15 is 0 Å². The topological polar surface area (TPSA) is 32.3 Å². The first-order valence-corrected chi connectivity index (χ1v) is 6.61. The molecule has 0 bridgehead atoms. The molecule has 2 aromatic rings. The quantitative estimate of drug-likeness (QED) is 0.834. The summed E-state index contributed by atoms with van der Waals surface area (Å²) < 4.78 is 0. The van der Waals surface area contributed by atoms with Crippen LogP contribution in [0.2, 0.25) is 0 Å². The minimum absolute atomic E-state index is 0.0851. The number of amides is 1. The molecule has 19 heavy (non-hydrogen) atoms. The molecule has 0 atom stereocenters. The van der Waals surface area contributed by atoms with Gasteiger partial charge in [-0.15, -0.1) is 0 Å². The summed E-state index contributed by atoms with van der Waals surface area (Å²) in [7, 11) is 3.78. The molecule has 3 heteroatoms. The van der Waals surface area contributed by atoms with Gasteiger partial charge in [0.1, 0.15) is 0 Å². The molecule has 0 aliphatic heterocycles. The van der Waals surface area contributed by atoms with Gasteiger partial charge >= 0.3 is 0 Å². The van der Waals surface area contributed by atoms with Crippen LogP contribution in [0.1, 0.15) is 16.8 Å². The van der Waals surface area contributed by atoms with Crippen molar-refractivity contribution in [1.82, 2.24) is 10.2 Å². The summed E-state index contributed by atoms with van der Waals surface area (Å²) in [5, 5.41) is 5.36. The highest BCUT2D eigenvalue weighted by Crippen LogP contribution is 2.16. The average molecular weight is 256 g/mol. The molecule has 2 aromatic carbocycles. The molecule has 0 aliphatic carbocycles. The molecular weight excluding hydrogens is 236 g/mol. The van der Waals surface area contributed by atoms with E-state index in [1.165, 1.54) is 0 Å². The minimum Gasteiger partial charge on any atom is -0.342 e. The van der Waals surface area contributed by atoms with Crippen LogP contribution in [-0.4, -0.2) is 38.0 Å². The second-order valence-corrected chi connectivity index (χ2v) is 4.75. The summed E-state index contributed by atoms with van der Waals surface area (Å²) >= 11 is 0. The van der Waals surface area contributed by atoms with Gasteiger partial charge in [-0.2, -0.15) is 0 Å². The standard InChI is InChI=1S/C16H20N2O/c1-17-10-5-11-18(2)16(19)15-9-8-13-6-3-4-7-14(13)12-15/h3-4,6-9,12,17H,5,10-11H2,1-2H3. The van der Waals surface area contributed by atoms with E-state index in [1.807, 2.05) is 50.5 Å². The first kappa shape index (κ1) is 13.6. The van der Waals surface area contributed by atoms with E-state index in [-0.39, 0.29) is 5.91 Å². The summed E-state index contributed by atoms with van der Waals surface area (Å²) in [6.07, 6.45) is 0.965. The fraction of sp³-hybridized carbons (Fsp3) is 0.312. The van der Waals surface area contributed by atoms with E-state index in [4.69, 9.17) is 0 Å². The molecule has 0 radical (unpaired) electrons. The van der Waals surface area contributed by atoms with Gasteiger partial charge in [0.05, 0.1) is 0 Å². The van der Waals surface area contributed by atoms with Crippen LogP contribution in [0.15, 0.2) is 42.5 Å². The lowest BCUT2D eigenvalue weighted by atomic mass is 10.1. The molecule has 100 valence electrons. The van der Waals surface area contributed by atoms with Crippen LogP contribution in [0, 0.1) is 0 Å². The van der Waals surface area contributed by atoms with Crippen LogP contribution in [0.3, 0.4) is 0 Å². The van der Waals surface area contributed by atoms with E-state index in [9.17, 15) is 4.79 Å². The van der Waals surface area contributed by atoms with Gasteiger partial charge in [0.15, 0.2) is 0 Å². The summed E-state index contributed by atoms with van der Waals surface area (Å²) in [6.45, 7) is 1.70. The van der Waals surface area contributed by atoms with E-state index in [1.54, 1.807) is 4.90 Å². The number of fused-ring (bicyclic) bond motifs is 1. The van der Waals surface area contributed by atoms with Crippen molar-refractivity contribution in [3.05, 3.63) is 48.0 Å². The highest BCUT2D eigenvalue weighted by Gasteiger charge is 2.11. The zero-order chi connectivity index (χ0) is 13.7. The van der Waals surface area contributed by atoms with Gasteiger partial charge < -0.3 is 10.2 Å². The zero-order valence-corrected chi connectivity index (χ0v) is 11.5. The zero-order valence-electron chi connectivity index (χ0n) is 11.5. The molecule has 0 fully saturated rings. The second kappa shape index (κ2) is 6.34. The van der Waals surface area contributed by atoms with Crippen molar-refractivity contribution >= 4 is 16.7 Å². The molecular formula is C16H20N2O. The van der Waals surface area contributed by atoms with Gasteiger partial charge in [-0.25, -0.2) is 0 Å². The molecule has 0 unspecified atom stereocenters. The Morgan fingerprint density at radius 1 is 1.16 bits per heavy atom. The highest BCUT2D eigenvalue weighted by atomic mass is 16.2. The number of benzene rings is 2. The maximum atomic E-state index is 12.3. The van der Waals surface area contributed by atoms with Crippen LogP contribution < -0.4 is 5.32 Å². The Labute approximate surface area is 114 Å². The predicted octanol–water partition coefficient (Wildman–Crippen LogP) is 2.52. The lowest BCUT2D eigenvalue weighted by Gasteiger charge is -2.17. The molecule has 3 nitrogen and oxygen atoms in total. The number of carbonyl (C=O) groups is 1. The first-order chi connectivity index (χ1) is 9.22. The molecule has 0 aliphatic rings. The van der Waals surface area contributed by atoms with Crippen LogP contribution in [0.4, 0.5) is 0 Å². The smallest absolute Gasteiger partial charge is 0.253 e. The molecule has 0 spiro atoms. The van der Waals surface area contributed by atoms with Crippen LogP contribution in [0.25, 0.3) is 10.8 Å². The Morgan fingerprint density at radius 3 is 2.63 bits per heavy atom. The Bertz CT molecular complexity index is 565. The SMILES string of the molecule is CNCCCN(C)C(=O)c1ccc2ccccc2c1. The molecule has 0 aromatic heterocycles. The third-order valence-electron chi connectivity index (χ3n) is 3.26. The number of nitrogens with one attached hydrogen (secondary N) is 1. The van der Waals surface area contributed by atoms with E-state index in [0.717, 1.165) is 35.8 Å². The normalized spacial score (nSPS) is 10.6. The molecule has 1 amide bonds. The van der Waals surface area contributed by atoms with Crippen LogP contribution in [-0.2, 0) is 0 Å². The number of carbonyl (C=O) groups excluding carboxylic acids is 1. The van der Waals surface area contributed by atoms with E-state index in [0.29, 0.717) is 0 Å². The molecule has 2 rings (SSSR count). The van der Waals surface area contributed by atoms with Crippen LogP contribution >= 0.6 is 0 Å². The fourth-order valence-electron chi connectivity index (χ4n) is 2.14. The van der Waals surface area contributed by atoms with Gasteiger partial charge in [0.25, 0.3) is 5.91 Å². The number of rotatable bonds is 5. The maximum absolute atomic E-state index is 12.3. The van der Waals surface area contributed by atoms with Crippen molar-refractivity contribution in [2.24, 2.45) is 0 Å². The van der Waals surface area contributed by atoms with Crippen molar-refractivity contribution in [2.45, 2.75) is 6.42 Å². The highest BCUT2D eigenvalue weighted by molar-refractivity contribution is 5.98. The average Bonchev–Trinajstić information content (AvgIpc) is 2.46. The first-order valence-electron chi connectivity index (χ1n) is 6.61. The Morgan fingerprint density at radius 2 is 1.89 bits per heavy atom. The van der Waals surface area contributed by atoms with E-state index < -0.39 is 0 Å². The van der Waals surface area contributed by atoms with Crippen molar-refractivity contribution in [1.29, 1.82) is 0 Å². The maximum Gasteiger partial charge on any atom is 0.253 e. The summed E-state index contributed by atoms with van der Waals surface area (Å²) in [5.41, 5.74) is 0.755. The number of nitrogens with zero attached hydrogens (tertiary/aromatic N) is 1. The van der Waals surface area contributed by atoms with Gasteiger partial charge in [0.2, 0.25) is 0 Å². The monoisotopic (exact) mass is 256 g/mol. The lowest BCUT2D eigenvalue weighted by molar-refractivity contribution is 0.0794. The van der Waals surface area contributed by atoms with Gasteiger partial charge in [-0.1, -0.05) is 30.3 Å². The lowest BCUT2D eigenvalue weighted by Crippen LogP contribution is -2.29. The molecule has 0 saturated heterocycles. The minimum atomic E-state index is 0.0851. The third-order valence-corrected chi connectivity index (χ3v) is 3.26. The van der Waals surface area contributed by atoms with Crippen molar-refractivity contribution in [3.63, 3.8) is 0 Å². The summed E-state index contributed by atoms with van der Waals surface area (Å²) in [5.74, 6) is 0.0851. The van der Waals surface area contributed by atoms with Gasteiger partial charge in [-0.05, 0) is 42.9 Å². The van der Waals surface area contributed by atoms with E-state index in [2.05, 4.69) is 11.4 Å².